The van der Waals surface area contributed by atoms with E-state index in [0.29, 0.717) is 6.54 Å². The van der Waals surface area contributed by atoms with Gasteiger partial charge in [0, 0.05) is 6.54 Å². The number of nitrogens with one attached hydrogen (secondary N) is 1. The standard InChI is InChI=1S/C10H16N4O4/c1-2-3-11-5-9(15)7-13-6-8(14(17)18)4-12-10(13)16/h4,6,9,11,15H,2-3,5,7H2,1H3. The lowest BCUT2D eigenvalue weighted by molar-refractivity contribution is -0.385. The minimum atomic E-state index is -0.793. The molecule has 100 valence electrons. The predicted octanol–water partition coefficient (Wildman–Crippen LogP) is -0.488. The Morgan fingerprint density at radius 3 is 3.00 bits per heavy atom. The van der Waals surface area contributed by atoms with Crippen LogP contribution in [0.15, 0.2) is 17.2 Å². The van der Waals surface area contributed by atoms with E-state index in [1.807, 2.05) is 6.92 Å². The third-order valence-corrected chi connectivity index (χ3v) is 2.27. The molecule has 1 heterocycles. The molecule has 18 heavy (non-hydrogen) atoms. The third kappa shape index (κ3) is 4.22. The summed E-state index contributed by atoms with van der Waals surface area (Å²) in [4.78, 5) is 24.6. The van der Waals surface area contributed by atoms with Gasteiger partial charge in [-0.05, 0) is 13.0 Å². The molecule has 1 rings (SSSR count). The number of aromatic nitrogens is 2. The average Bonchev–Trinajstić information content (AvgIpc) is 2.32. The Bertz CT molecular complexity index is 459. The minimum absolute atomic E-state index is 0.0236. The second kappa shape index (κ2) is 6.82. The van der Waals surface area contributed by atoms with Gasteiger partial charge in [0.1, 0.15) is 6.20 Å². The summed E-state index contributed by atoms with van der Waals surface area (Å²) in [5.74, 6) is 0. The van der Waals surface area contributed by atoms with Crippen molar-refractivity contribution in [3.05, 3.63) is 33.0 Å². The van der Waals surface area contributed by atoms with Crippen LogP contribution in [0.5, 0.6) is 0 Å². The molecule has 0 bridgehead atoms. The summed E-state index contributed by atoms with van der Waals surface area (Å²) in [6.07, 6.45) is 2.13. The molecular weight excluding hydrogens is 240 g/mol. The van der Waals surface area contributed by atoms with E-state index >= 15 is 0 Å². The highest BCUT2D eigenvalue weighted by molar-refractivity contribution is 5.20. The van der Waals surface area contributed by atoms with Crippen molar-refractivity contribution >= 4 is 5.69 Å². The molecule has 0 aliphatic carbocycles. The summed E-state index contributed by atoms with van der Waals surface area (Å²) in [6.45, 7) is 3.06. The summed E-state index contributed by atoms with van der Waals surface area (Å²) in [7, 11) is 0. The molecule has 0 saturated heterocycles. The van der Waals surface area contributed by atoms with Crippen molar-refractivity contribution in [3.8, 4) is 0 Å². The van der Waals surface area contributed by atoms with Gasteiger partial charge in [0.25, 0.3) is 0 Å². The van der Waals surface area contributed by atoms with Gasteiger partial charge in [-0.3, -0.25) is 14.7 Å². The second-order valence-corrected chi connectivity index (χ2v) is 3.86. The monoisotopic (exact) mass is 256 g/mol. The normalized spacial score (nSPS) is 12.3. The van der Waals surface area contributed by atoms with Gasteiger partial charge in [-0.15, -0.1) is 0 Å². The fraction of sp³-hybridized carbons (Fsp3) is 0.600. The molecule has 1 aromatic rings. The molecule has 0 saturated carbocycles. The topological polar surface area (TPSA) is 110 Å². The van der Waals surface area contributed by atoms with Gasteiger partial charge in [-0.2, -0.15) is 4.98 Å². The lowest BCUT2D eigenvalue weighted by Gasteiger charge is -2.12. The molecule has 0 fully saturated rings. The van der Waals surface area contributed by atoms with Crippen LogP contribution in [0.4, 0.5) is 5.69 Å². The van der Waals surface area contributed by atoms with Crippen molar-refractivity contribution in [1.82, 2.24) is 14.9 Å². The molecule has 1 aromatic heterocycles. The fourth-order valence-electron chi connectivity index (χ4n) is 1.41. The van der Waals surface area contributed by atoms with Gasteiger partial charge >= 0.3 is 11.4 Å². The average molecular weight is 256 g/mol. The number of aliphatic hydroxyl groups is 1. The maximum absolute atomic E-state index is 11.4. The number of nitrogens with zero attached hydrogens (tertiary/aromatic N) is 3. The Morgan fingerprint density at radius 2 is 2.39 bits per heavy atom. The molecule has 0 aliphatic rings. The van der Waals surface area contributed by atoms with Crippen molar-refractivity contribution in [3.63, 3.8) is 0 Å². The summed E-state index contributed by atoms with van der Waals surface area (Å²) in [5.41, 5.74) is -0.890. The zero-order valence-corrected chi connectivity index (χ0v) is 10.1. The second-order valence-electron chi connectivity index (χ2n) is 3.86. The van der Waals surface area contributed by atoms with Crippen molar-refractivity contribution in [2.75, 3.05) is 13.1 Å². The van der Waals surface area contributed by atoms with E-state index in [1.165, 1.54) is 0 Å². The summed E-state index contributed by atoms with van der Waals surface area (Å²) < 4.78 is 1.04. The van der Waals surface area contributed by atoms with Gasteiger partial charge in [-0.1, -0.05) is 6.92 Å². The smallest absolute Gasteiger partial charge is 0.348 e. The molecule has 1 atom stereocenters. The minimum Gasteiger partial charge on any atom is -0.390 e. The Hall–Kier alpha value is -1.80. The number of rotatable bonds is 7. The highest BCUT2D eigenvalue weighted by Crippen LogP contribution is 2.04. The van der Waals surface area contributed by atoms with E-state index in [4.69, 9.17) is 0 Å². The van der Waals surface area contributed by atoms with E-state index in [2.05, 4.69) is 10.3 Å². The van der Waals surface area contributed by atoms with E-state index < -0.39 is 16.7 Å². The molecule has 1 unspecified atom stereocenters. The van der Waals surface area contributed by atoms with Crippen molar-refractivity contribution in [2.45, 2.75) is 26.0 Å². The predicted molar refractivity (Wildman–Crippen MR) is 64.3 cm³/mol. The van der Waals surface area contributed by atoms with Crippen LogP contribution in [0.2, 0.25) is 0 Å². The number of nitro groups is 1. The lowest BCUT2D eigenvalue weighted by Crippen LogP contribution is -2.34. The molecule has 8 heteroatoms. The van der Waals surface area contributed by atoms with Gasteiger partial charge < -0.3 is 10.4 Å². The molecule has 0 spiro atoms. The van der Waals surface area contributed by atoms with Crippen molar-refractivity contribution in [2.24, 2.45) is 0 Å². The molecule has 0 radical (unpaired) electrons. The maximum atomic E-state index is 11.4. The van der Waals surface area contributed by atoms with Crippen LogP contribution in [0.25, 0.3) is 0 Å². The number of hydrogen-bond acceptors (Lipinski definition) is 6. The van der Waals surface area contributed by atoms with Crippen LogP contribution in [0.1, 0.15) is 13.3 Å². The van der Waals surface area contributed by atoms with Gasteiger partial charge in [0.05, 0.1) is 23.8 Å². The first-order valence-corrected chi connectivity index (χ1v) is 5.64. The van der Waals surface area contributed by atoms with Crippen LogP contribution in [0.3, 0.4) is 0 Å². The van der Waals surface area contributed by atoms with E-state index in [9.17, 15) is 20.0 Å². The van der Waals surface area contributed by atoms with Gasteiger partial charge in [0.2, 0.25) is 0 Å². The highest BCUT2D eigenvalue weighted by Gasteiger charge is 2.11. The summed E-state index contributed by atoms with van der Waals surface area (Å²) >= 11 is 0. The summed E-state index contributed by atoms with van der Waals surface area (Å²) in [6, 6.07) is 0. The van der Waals surface area contributed by atoms with E-state index in [0.717, 1.165) is 29.9 Å². The first-order chi connectivity index (χ1) is 8.54. The first-order valence-electron chi connectivity index (χ1n) is 5.64. The van der Waals surface area contributed by atoms with Crippen LogP contribution in [-0.4, -0.2) is 38.8 Å². The van der Waals surface area contributed by atoms with Crippen molar-refractivity contribution in [1.29, 1.82) is 0 Å². The van der Waals surface area contributed by atoms with E-state index in [1.54, 1.807) is 0 Å². The largest absolute Gasteiger partial charge is 0.390 e. The Balaban J connectivity index is 2.68. The van der Waals surface area contributed by atoms with Crippen molar-refractivity contribution < 1.29 is 10.0 Å². The molecule has 8 nitrogen and oxygen atoms in total. The molecule has 0 amide bonds. The third-order valence-electron chi connectivity index (χ3n) is 2.27. The van der Waals surface area contributed by atoms with E-state index in [-0.39, 0.29) is 12.2 Å². The van der Waals surface area contributed by atoms with Crippen LogP contribution in [-0.2, 0) is 6.54 Å². The molecular formula is C10H16N4O4. The maximum Gasteiger partial charge on any atom is 0.348 e. The van der Waals surface area contributed by atoms with Crippen LogP contribution < -0.4 is 11.0 Å². The zero-order chi connectivity index (χ0) is 13.5. The highest BCUT2D eigenvalue weighted by atomic mass is 16.6. The summed E-state index contributed by atoms with van der Waals surface area (Å²) in [5, 5.41) is 23.2. The SMILES string of the molecule is CCCNCC(O)Cn1cc([N+](=O)[O-])cnc1=O. The van der Waals surface area contributed by atoms with Gasteiger partial charge in [0.15, 0.2) is 0 Å². The Kier molecular flexibility index (Phi) is 5.40. The fourth-order valence-corrected chi connectivity index (χ4v) is 1.41. The van der Waals surface area contributed by atoms with Crippen LogP contribution >= 0.6 is 0 Å². The zero-order valence-electron chi connectivity index (χ0n) is 10.1. The quantitative estimate of drug-likeness (QED) is 0.387. The number of aliphatic hydroxyl groups excluding tert-OH is 1. The molecule has 0 aliphatic heterocycles. The first kappa shape index (κ1) is 14.3. The Morgan fingerprint density at radius 1 is 1.67 bits per heavy atom. The van der Waals surface area contributed by atoms with Crippen LogP contribution in [0, 0.1) is 10.1 Å². The molecule has 0 aromatic carbocycles. The van der Waals surface area contributed by atoms with Gasteiger partial charge in [-0.25, -0.2) is 4.79 Å². The molecule has 2 N–H and O–H groups in total. The number of hydrogen-bond donors (Lipinski definition) is 2. The Labute approximate surface area is 103 Å². The lowest BCUT2D eigenvalue weighted by atomic mass is 10.3.